The summed E-state index contributed by atoms with van der Waals surface area (Å²) in [6.07, 6.45) is 0. The zero-order chi connectivity index (χ0) is 24.6. The number of hydrogen-bond donors (Lipinski definition) is 2. The van der Waals surface area contributed by atoms with Crippen molar-refractivity contribution in [2.45, 2.75) is 6.04 Å². The van der Waals surface area contributed by atoms with Gasteiger partial charge in [0.1, 0.15) is 23.0 Å². The fourth-order valence-corrected chi connectivity index (χ4v) is 4.25. The van der Waals surface area contributed by atoms with E-state index in [1.54, 1.807) is 30.3 Å². The van der Waals surface area contributed by atoms with E-state index in [0.717, 1.165) is 0 Å². The fourth-order valence-electron chi connectivity index (χ4n) is 3.87. The molecule has 2 N–H and O–H groups in total. The Morgan fingerprint density at radius 3 is 2.38 bits per heavy atom. The number of Topliss-reactive ketones (excluding diaryl/α,β-unsaturated/α-hetero) is 1. The van der Waals surface area contributed by atoms with Crippen LogP contribution in [-0.4, -0.2) is 36.1 Å². The molecular weight excluding hydrogens is 481 g/mol. The van der Waals surface area contributed by atoms with Crippen molar-refractivity contribution in [3.63, 3.8) is 0 Å². The van der Waals surface area contributed by atoms with Crippen LogP contribution in [0.3, 0.4) is 0 Å². The van der Waals surface area contributed by atoms with Gasteiger partial charge in [0.05, 0.1) is 36.4 Å². The molecule has 0 aromatic heterocycles. The summed E-state index contributed by atoms with van der Waals surface area (Å²) in [6, 6.07) is 14.4. The van der Waals surface area contributed by atoms with Crippen molar-refractivity contribution in [1.29, 1.82) is 0 Å². The number of aliphatic hydroxyl groups excluding tert-OH is 1. The number of carbonyl (C=O) groups excluding carboxylic acids is 2. The lowest BCUT2D eigenvalue weighted by Crippen LogP contribution is -2.29. The third-order valence-electron chi connectivity index (χ3n) is 5.48. The van der Waals surface area contributed by atoms with Crippen molar-refractivity contribution in [2.75, 3.05) is 19.1 Å². The predicted octanol–water partition coefficient (Wildman–Crippen LogP) is 5.34. The van der Waals surface area contributed by atoms with Crippen LogP contribution in [0.4, 0.5) is 5.69 Å². The first-order valence-corrected chi connectivity index (χ1v) is 10.8. The van der Waals surface area contributed by atoms with Crippen LogP contribution < -0.4 is 14.4 Å². The monoisotopic (exact) mass is 499 g/mol. The lowest BCUT2D eigenvalue weighted by Gasteiger charge is -2.26. The Hall–Kier alpha value is -3.68. The van der Waals surface area contributed by atoms with Gasteiger partial charge in [-0.3, -0.25) is 14.5 Å². The number of methoxy groups -OCH3 is 2. The molecule has 0 aliphatic carbocycles. The molecule has 0 radical (unpaired) electrons. The van der Waals surface area contributed by atoms with Crippen LogP contribution in [0, 0.1) is 0 Å². The highest BCUT2D eigenvalue weighted by Crippen LogP contribution is 2.45. The molecule has 1 fully saturated rings. The molecule has 0 spiro atoms. The van der Waals surface area contributed by atoms with Gasteiger partial charge in [-0.05, 0) is 48.0 Å². The van der Waals surface area contributed by atoms with Gasteiger partial charge in [-0.25, -0.2) is 0 Å². The number of ketones is 1. The lowest BCUT2D eigenvalue weighted by molar-refractivity contribution is -0.132. The zero-order valence-electron chi connectivity index (χ0n) is 18.1. The van der Waals surface area contributed by atoms with Crippen LogP contribution in [0.1, 0.15) is 17.2 Å². The number of phenols is 1. The number of anilines is 1. The molecule has 34 heavy (non-hydrogen) atoms. The Balaban J connectivity index is 1.99. The number of amides is 1. The van der Waals surface area contributed by atoms with Crippen LogP contribution in [0.5, 0.6) is 17.2 Å². The fraction of sp³-hybridized carbons (Fsp3) is 0.120. The first-order chi connectivity index (χ1) is 16.3. The molecule has 1 unspecified atom stereocenters. The molecule has 1 heterocycles. The Kier molecular flexibility index (Phi) is 6.41. The van der Waals surface area contributed by atoms with Crippen LogP contribution >= 0.6 is 23.2 Å². The van der Waals surface area contributed by atoms with Crippen LogP contribution in [-0.2, 0) is 9.59 Å². The highest BCUT2D eigenvalue weighted by atomic mass is 35.5. The van der Waals surface area contributed by atoms with E-state index in [2.05, 4.69) is 0 Å². The maximum absolute atomic E-state index is 13.3. The highest BCUT2D eigenvalue weighted by molar-refractivity contribution is 6.52. The number of nitrogens with zero attached hydrogens (tertiary/aromatic N) is 1. The first kappa shape index (κ1) is 23.5. The molecule has 9 heteroatoms. The van der Waals surface area contributed by atoms with E-state index >= 15 is 0 Å². The maximum Gasteiger partial charge on any atom is 0.300 e. The van der Waals surface area contributed by atoms with Crippen molar-refractivity contribution in [3.8, 4) is 17.2 Å². The van der Waals surface area contributed by atoms with Crippen molar-refractivity contribution in [3.05, 3.63) is 87.4 Å². The number of phenolic OH excluding ortho intramolecular Hbond substituents is 1. The SMILES string of the molecule is COc1ccc(/C(O)=C2/C(=O)C(=O)N(c3cccc(Cl)c3)C2c2ccc(O)c(Cl)c2)c(OC)c1. The molecule has 1 atom stereocenters. The third kappa shape index (κ3) is 4.04. The standard InChI is InChI=1S/C25H19Cl2NO6/c1-33-16-7-8-17(20(12-16)34-2)23(30)21-22(13-6-9-19(29)18(27)10-13)28(25(32)24(21)31)15-5-3-4-14(26)11-15/h3-12,22,29-30H,1-2H3/b23-21-. The molecule has 7 nitrogen and oxygen atoms in total. The van der Waals surface area contributed by atoms with Gasteiger partial charge < -0.3 is 19.7 Å². The number of carbonyl (C=O) groups is 2. The van der Waals surface area contributed by atoms with Crippen LogP contribution in [0.25, 0.3) is 5.76 Å². The van der Waals surface area contributed by atoms with Crippen LogP contribution in [0.2, 0.25) is 10.0 Å². The summed E-state index contributed by atoms with van der Waals surface area (Å²) >= 11 is 12.3. The second-order valence-corrected chi connectivity index (χ2v) is 8.27. The topological polar surface area (TPSA) is 96.3 Å². The van der Waals surface area contributed by atoms with Gasteiger partial charge >= 0.3 is 0 Å². The predicted molar refractivity (Wildman–Crippen MR) is 129 cm³/mol. The summed E-state index contributed by atoms with van der Waals surface area (Å²) in [6.45, 7) is 0. The second kappa shape index (κ2) is 9.29. The van der Waals surface area contributed by atoms with Crippen molar-refractivity contribution in [1.82, 2.24) is 0 Å². The normalized spacial score (nSPS) is 17.2. The van der Waals surface area contributed by atoms with Gasteiger partial charge in [0.15, 0.2) is 0 Å². The zero-order valence-corrected chi connectivity index (χ0v) is 19.6. The quantitative estimate of drug-likeness (QED) is 0.279. The molecule has 0 saturated carbocycles. The number of aliphatic hydroxyl groups is 1. The molecule has 0 bridgehead atoms. The lowest BCUT2D eigenvalue weighted by atomic mass is 9.94. The number of aromatic hydroxyl groups is 1. The number of halogens is 2. The summed E-state index contributed by atoms with van der Waals surface area (Å²) in [4.78, 5) is 27.7. The van der Waals surface area contributed by atoms with E-state index in [9.17, 15) is 19.8 Å². The average Bonchev–Trinajstić information content (AvgIpc) is 3.10. The Morgan fingerprint density at radius 2 is 1.74 bits per heavy atom. The molecule has 3 aromatic carbocycles. The van der Waals surface area contributed by atoms with E-state index in [4.69, 9.17) is 32.7 Å². The first-order valence-electron chi connectivity index (χ1n) is 10.0. The van der Waals surface area contributed by atoms with E-state index in [1.165, 1.54) is 49.5 Å². The van der Waals surface area contributed by atoms with E-state index in [0.29, 0.717) is 22.0 Å². The van der Waals surface area contributed by atoms with Gasteiger partial charge in [0.2, 0.25) is 0 Å². The van der Waals surface area contributed by atoms with Gasteiger partial charge in [0.25, 0.3) is 11.7 Å². The van der Waals surface area contributed by atoms with E-state index in [-0.39, 0.29) is 27.7 Å². The summed E-state index contributed by atoms with van der Waals surface area (Å²) in [7, 11) is 2.90. The third-order valence-corrected chi connectivity index (χ3v) is 6.02. The average molecular weight is 500 g/mol. The minimum atomic E-state index is -1.05. The summed E-state index contributed by atoms with van der Waals surface area (Å²) < 4.78 is 10.6. The van der Waals surface area contributed by atoms with Gasteiger partial charge in [-0.1, -0.05) is 35.3 Å². The highest BCUT2D eigenvalue weighted by Gasteiger charge is 2.47. The molecule has 3 aromatic rings. The van der Waals surface area contributed by atoms with Crippen LogP contribution in [0.15, 0.2) is 66.2 Å². The minimum Gasteiger partial charge on any atom is -0.507 e. The van der Waals surface area contributed by atoms with Gasteiger partial charge in [0, 0.05) is 16.8 Å². The molecule has 1 saturated heterocycles. The van der Waals surface area contributed by atoms with Crippen molar-refractivity contribution < 1.29 is 29.3 Å². The molecular formula is C25H19Cl2NO6. The summed E-state index contributed by atoms with van der Waals surface area (Å²) in [5.74, 6) is -1.63. The molecule has 4 rings (SSSR count). The van der Waals surface area contributed by atoms with E-state index < -0.39 is 23.5 Å². The Morgan fingerprint density at radius 1 is 0.971 bits per heavy atom. The second-order valence-electron chi connectivity index (χ2n) is 7.43. The summed E-state index contributed by atoms with van der Waals surface area (Å²) in [5.41, 5.74) is 0.776. The smallest absolute Gasteiger partial charge is 0.300 e. The van der Waals surface area contributed by atoms with Crippen molar-refractivity contribution >= 4 is 46.3 Å². The minimum absolute atomic E-state index is 0.0243. The number of ether oxygens (including phenoxy) is 2. The maximum atomic E-state index is 13.3. The van der Waals surface area contributed by atoms with E-state index in [1.807, 2.05) is 0 Å². The van der Waals surface area contributed by atoms with Crippen molar-refractivity contribution in [2.24, 2.45) is 0 Å². The van der Waals surface area contributed by atoms with Gasteiger partial charge in [-0.15, -0.1) is 0 Å². The molecule has 1 aliphatic rings. The number of hydrogen-bond acceptors (Lipinski definition) is 6. The number of benzene rings is 3. The summed E-state index contributed by atoms with van der Waals surface area (Å²) in [5, 5.41) is 21.6. The Bertz CT molecular complexity index is 1340. The Labute approximate surface area is 205 Å². The van der Waals surface area contributed by atoms with Gasteiger partial charge in [-0.2, -0.15) is 0 Å². The molecule has 1 amide bonds. The number of rotatable bonds is 5. The largest absolute Gasteiger partial charge is 0.507 e. The molecule has 174 valence electrons. The molecule has 1 aliphatic heterocycles.